The van der Waals surface area contributed by atoms with Crippen molar-refractivity contribution in [2.45, 2.75) is 4.90 Å². The first-order chi connectivity index (χ1) is 6.63. The summed E-state index contributed by atoms with van der Waals surface area (Å²) in [6, 6.07) is 7.82. The monoisotopic (exact) mass is 211 g/mol. The normalized spacial score (nSPS) is 9.86. The molecule has 0 aliphatic rings. The van der Waals surface area contributed by atoms with Crippen molar-refractivity contribution in [2.75, 3.05) is 24.7 Å². The van der Waals surface area contributed by atoms with Gasteiger partial charge in [-0.3, -0.25) is 4.79 Å². The zero-order valence-corrected chi connectivity index (χ0v) is 9.04. The summed E-state index contributed by atoms with van der Waals surface area (Å²) in [5.41, 5.74) is 0.930. The van der Waals surface area contributed by atoms with Gasteiger partial charge in [-0.1, -0.05) is 6.07 Å². The maximum Gasteiger partial charge on any atom is 0.323 e. The van der Waals surface area contributed by atoms with Gasteiger partial charge in [0.25, 0.3) is 0 Å². The first kappa shape index (κ1) is 10.9. The van der Waals surface area contributed by atoms with Gasteiger partial charge in [0.15, 0.2) is 0 Å². The summed E-state index contributed by atoms with van der Waals surface area (Å²) >= 11 is 1.65. The molecule has 4 heteroatoms. The molecule has 76 valence electrons. The van der Waals surface area contributed by atoms with Gasteiger partial charge in [-0.25, -0.2) is 0 Å². The molecule has 0 saturated carbocycles. The number of benzene rings is 1. The van der Waals surface area contributed by atoms with Crippen molar-refractivity contribution in [3.63, 3.8) is 0 Å². The van der Waals surface area contributed by atoms with E-state index in [1.165, 1.54) is 0 Å². The molecule has 0 aromatic heterocycles. The Balaban J connectivity index is 2.78. The molecule has 0 radical (unpaired) electrons. The average Bonchev–Trinajstić information content (AvgIpc) is 2.17. The fraction of sp³-hybridized carbons (Fsp3) is 0.300. The molecule has 1 N–H and O–H groups in total. The Morgan fingerprint density at radius 3 is 2.86 bits per heavy atom. The summed E-state index contributed by atoms with van der Waals surface area (Å²) in [6.07, 6.45) is 2.00. The summed E-state index contributed by atoms with van der Waals surface area (Å²) in [6.45, 7) is 0.0256. The molecule has 0 fully saturated rings. The zero-order valence-electron chi connectivity index (χ0n) is 8.23. The smallest absolute Gasteiger partial charge is 0.323 e. The number of anilines is 1. The van der Waals surface area contributed by atoms with Crippen molar-refractivity contribution < 1.29 is 9.90 Å². The Bertz CT molecular complexity index is 328. The van der Waals surface area contributed by atoms with E-state index >= 15 is 0 Å². The van der Waals surface area contributed by atoms with Gasteiger partial charge in [-0.05, 0) is 24.5 Å². The van der Waals surface area contributed by atoms with Crippen LogP contribution in [0, 0.1) is 0 Å². The van der Waals surface area contributed by atoms with Crippen LogP contribution in [0.1, 0.15) is 0 Å². The molecular weight excluding hydrogens is 198 g/mol. The van der Waals surface area contributed by atoms with Gasteiger partial charge >= 0.3 is 5.97 Å². The minimum atomic E-state index is -0.818. The van der Waals surface area contributed by atoms with E-state index in [0.29, 0.717) is 0 Å². The summed E-state index contributed by atoms with van der Waals surface area (Å²) in [5, 5.41) is 8.62. The molecule has 0 aliphatic heterocycles. The number of likely N-dealkylation sites (N-methyl/N-ethyl adjacent to an activating group) is 1. The van der Waals surface area contributed by atoms with Crippen LogP contribution in [0.15, 0.2) is 29.2 Å². The Labute approximate surface area is 87.7 Å². The molecule has 1 rings (SSSR count). The Hall–Kier alpha value is -1.16. The van der Waals surface area contributed by atoms with Crippen molar-refractivity contribution in [3.8, 4) is 0 Å². The molecule has 0 spiro atoms. The van der Waals surface area contributed by atoms with E-state index in [1.54, 1.807) is 23.7 Å². The van der Waals surface area contributed by atoms with Crippen molar-refractivity contribution in [3.05, 3.63) is 24.3 Å². The third kappa shape index (κ3) is 2.96. The Morgan fingerprint density at radius 1 is 1.57 bits per heavy atom. The minimum absolute atomic E-state index is 0.0256. The van der Waals surface area contributed by atoms with Gasteiger partial charge in [0.05, 0.1) is 0 Å². The van der Waals surface area contributed by atoms with Crippen LogP contribution in [0.4, 0.5) is 5.69 Å². The number of aliphatic carboxylic acids is 1. The summed E-state index contributed by atoms with van der Waals surface area (Å²) in [7, 11) is 1.77. The highest BCUT2D eigenvalue weighted by Gasteiger charge is 2.05. The molecule has 3 nitrogen and oxygen atoms in total. The number of carbonyl (C=O) groups is 1. The molecule has 0 heterocycles. The van der Waals surface area contributed by atoms with Crippen LogP contribution in [-0.2, 0) is 4.79 Å². The molecule has 0 aliphatic carbocycles. The lowest BCUT2D eigenvalue weighted by molar-refractivity contribution is -0.135. The zero-order chi connectivity index (χ0) is 10.6. The second-order valence-corrected chi connectivity index (χ2v) is 3.83. The van der Waals surface area contributed by atoms with Crippen molar-refractivity contribution in [1.82, 2.24) is 0 Å². The Kier molecular flexibility index (Phi) is 3.83. The predicted octanol–water partition coefficient (Wildman–Crippen LogP) is 1.93. The third-order valence-electron chi connectivity index (χ3n) is 1.87. The fourth-order valence-corrected chi connectivity index (χ4v) is 1.60. The quantitative estimate of drug-likeness (QED) is 0.773. The predicted molar refractivity (Wildman–Crippen MR) is 59.1 cm³/mol. The number of hydrogen-bond donors (Lipinski definition) is 1. The van der Waals surface area contributed by atoms with Crippen LogP contribution < -0.4 is 4.90 Å². The van der Waals surface area contributed by atoms with E-state index in [4.69, 9.17) is 5.11 Å². The van der Waals surface area contributed by atoms with Crippen LogP contribution in [0.3, 0.4) is 0 Å². The van der Waals surface area contributed by atoms with Crippen molar-refractivity contribution in [1.29, 1.82) is 0 Å². The van der Waals surface area contributed by atoms with Gasteiger partial charge in [0.2, 0.25) is 0 Å². The summed E-state index contributed by atoms with van der Waals surface area (Å²) in [5.74, 6) is -0.818. The van der Waals surface area contributed by atoms with Crippen molar-refractivity contribution in [2.24, 2.45) is 0 Å². The first-order valence-electron chi connectivity index (χ1n) is 4.20. The lowest BCUT2D eigenvalue weighted by Gasteiger charge is -2.17. The van der Waals surface area contributed by atoms with Gasteiger partial charge in [-0.2, -0.15) is 0 Å². The lowest BCUT2D eigenvalue weighted by atomic mass is 10.3. The molecule has 0 unspecified atom stereocenters. The fourth-order valence-electron chi connectivity index (χ4n) is 1.14. The van der Waals surface area contributed by atoms with Crippen LogP contribution in [0.25, 0.3) is 0 Å². The molecular formula is C10H13NO2S. The number of hydrogen-bond acceptors (Lipinski definition) is 3. The number of nitrogens with zero attached hydrogens (tertiary/aromatic N) is 1. The molecule has 1 aromatic rings. The first-order valence-corrected chi connectivity index (χ1v) is 5.43. The van der Waals surface area contributed by atoms with E-state index in [1.807, 2.05) is 30.5 Å². The number of rotatable bonds is 4. The summed E-state index contributed by atoms with van der Waals surface area (Å²) in [4.78, 5) is 13.3. The molecule has 0 amide bonds. The molecule has 0 bridgehead atoms. The van der Waals surface area contributed by atoms with E-state index in [9.17, 15) is 4.79 Å². The third-order valence-corrected chi connectivity index (χ3v) is 2.59. The standard InChI is InChI=1S/C10H13NO2S/c1-11(7-10(12)13)8-4-3-5-9(6-8)14-2/h3-6H,7H2,1-2H3,(H,12,13). The molecule has 0 atom stereocenters. The Morgan fingerprint density at radius 2 is 2.29 bits per heavy atom. The van der Waals surface area contributed by atoms with E-state index in [2.05, 4.69) is 0 Å². The number of thioether (sulfide) groups is 1. The van der Waals surface area contributed by atoms with Gasteiger partial charge in [-0.15, -0.1) is 11.8 Å². The SMILES string of the molecule is CSc1cccc(N(C)CC(=O)O)c1. The highest BCUT2D eigenvalue weighted by atomic mass is 32.2. The molecule has 14 heavy (non-hydrogen) atoms. The van der Waals surface area contributed by atoms with E-state index in [-0.39, 0.29) is 6.54 Å². The highest BCUT2D eigenvalue weighted by molar-refractivity contribution is 7.98. The van der Waals surface area contributed by atoms with Gasteiger partial charge in [0.1, 0.15) is 6.54 Å². The summed E-state index contributed by atoms with van der Waals surface area (Å²) < 4.78 is 0. The van der Waals surface area contributed by atoms with Crippen molar-refractivity contribution >= 4 is 23.4 Å². The second-order valence-electron chi connectivity index (χ2n) is 2.95. The van der Waals surface area contributed by atoms with E-state index < -0.39 is 5.97 Å². The van der Waals surface area contributed by atoms with Gasteiger partial charge < -0.3 is 10.0 Å². The average molecular weight is 211 g/mol. The molecule has 0 saturated heterocycles. The molecule has 1 aromatic carbocycles. The largest absolute Gasteiger partial charge is 0.480 e. The van der Waals surface area contributed by atoms with E-state index in [0.717, 1.165) is 10.6 Å². The number of carboxylic acids is 1. The number of carboxylic acid groups (broad SMARTS) is 1. The van der Waals surface area contributed by atoms with Crippen LogP contribution in [0.5, 0.6) is 0 Å². The maximum atomic E-state index is 10.5. The maximum absolute atomic E-state index is 10.5. The van der Waals surface area contributed by atoms with Crippen LogP contribution in [-0.4, -0.2) is 30.9 Å². The van der Waals surface area contributed by atoms with Gasteiger partial charge in [0, 0.05) is 17.6 Å². The highest BCUT2D eigenvalue weighted by Crippen LogP contribution is 2.20. The van der Waals surface area contributed by atoms with Crippen LogP contribution >= 0.6 is 11.8 Å². The lowest BCUT2D eigenvalue weighted by Crippen LogP contribution is -2.24. The van der Waals surface area contributed by atoms with Crippen LogP contribution in [0.2, 0.25) is 0 Å². The topological polar surface area (TPSA) is 40.5 Å². The second kappa shape index (κ2) is 4.91. The minimum Gasteiger partial charge on any atom is -0.480 e.